The molecule has 0 heterocycles. The first-order chi connectivity index (χ1) is 15.5. The highest BCUT2D eigenvalue weighted by atomic mass is 16.5. The summed E-state index contributed by atoms with van der Waals surface area (Å²) in [6.07, 6.45) is 1.37. The standard InChI is InChI=1S/C24H21N3O5/c1-2-31-20-14-10-18(11-15-20)24(30)32-21-12-8-17(9-13-21)16-25-27-23(29)22(28)26-19-6-4-3-5-7-19/h3-16H,2H2,1H3,(H,26,28)(H,27,29)/b25-16-. The molecule has 0 unspecified atom stereocenters. The number of nitrogens with one attached hydrogen (secondary N) is 2. The van der Waals surface area contributed by atoms with Crippen LogP contribution in [-0.4, -0.2) is 30.6 Å². The molecule has 0 bridgehead atoms. The maximum Gasteiger partial charge on any atom is 0.343 e. The lowest BCUT2D eigenvalue weighted by Gasteiger charge is -2.06. The van der Waals surface area contributed by atoms with E-state index in [0.717, 1.165) is 0 Å². The van der Waals surface area contributed by atoms with E-state index in [1.54, 1.807) is 78.9 Å². The van der Waals surface area contributed by atoms with Crippen molar-refractivity contribution in [2.45, 2.75) is 6.92 Å². The maximum atomic E-state index is 12.2. The van der Waals surface area contributed by atoms with E-state index < -0.39 is 17.8 Å². The van der Waals surface area contributed by atoms with Gasteiger partial charge in [-0.25, -0.2) is 10.2 Å². The molecule has 0 fully saturated rings. The first-order valence-corrected chi connectivity index (χ1v) is 9.79. The zero-order chi connectivity index (χ0) is 22.8. The van der Waals surface area contributed by atoms with E-state index in [-0.39, 0.29) is 0 Å². The Morgan fingerprint density at radius 3 is 2.16 bits per heavy atom. The van der Waals surface area contributed by atoms with E-state index in [4.69, 9.17) is 9.47 Å². The highest BCUT2D eigenvalue weighted by Crippen LogP contribution is 2.16. The number of carbonyl (C=O) groups excluding carboxylic acids is 3. The van der Waals surface area contributed by atoms with E-state index in [1.807, 2.05) is 6.92 Å². The summed E-state index contributed by atoms with van der Waals surface area (Å²) in [7, 11) is 0. The molecule has 162 valence electrons. The summed E-state index contributed by atoms with van der Waals surface area (Å²) in [6.45, 7) is 2.43. The fourth-order valence-electron chi connectivity index (χ4n) is 2.57. The number of hydrogen-bond acceptors (Lipinski definition) is 6. The molecule has 0 spiro atoms. The van der Waals surface area contributed by atoms with Crippen molar-refractivity contribution in [1.82, 2.24) is 5.43 Å². The Bertz CT molecular complexity index is 1090. The lowest BCUT2D eigenvalue weighted by molar-refractivity contribution is -0.136. The molecule has 3 aromatic carbocycles. The van der Waals surface area contributed by atoms with Crippen LogP contribution < -0.4 is 20.2 Å². The molecule has 32 heavy (non-hydrogen) atoms. The Kier molecular flexibility index (Phi) is 7.69. The van der Waals surface area contributed by atoms with E-state index in [2.05, 4.69) is 15.8 Å². The fraction of sp³-hybridized carbons (Fsp3) is 0.0833. The van der Waals surface area contributed by atoms with Gasteiger partial charge in [-0.3, -0.25) is 9.59 Å². The Morgan fingerprint density at radius 1 is 0.844 bits per heavy atom. The molecular formula is C24H21N3O5. The van der Waals surface area contributed by atoms with Crippen LogP contribution in [0.15, 0.2) is 84.0 Å². The van der Waals surface area contributed by atoms with Crippen molar-refractivity contribution in [1.29, 1.82) is 0 Å². The minimum Gasteiger partial charge on any atom is -0.494 e. The van der Waals surface area contributed by atoms with Crippen molar-refractivity contribution in [3.05, 3.63) is 90.0 Å². The Labute approximate surface area is 184 Å². The SMILES string of the molecule is CCOc1ccc(C(=O)Oc2ccc(/C=N\NC(=O)C(=O)Nc3ccccc3)cc2)cc1. The molecule has 2 amide bonds. The minimum atomic E-state index is -0.897. The van der Waals surface area contributed by atoms with Gasteiger partial charge in [0.15, 0.2) is 0 Å². The zero-order valence-corrected chi connectivity index (χ0v) is 17.3. The highest BCUT2D eigenvalue weighted by Gasteiger charge is 2.12. The molecule has 0 saturated carbocycles. The minimum absolute atomic E-state index is 0.354. The number of amides is 2. The summed E-state index contributed by atoms with van der Waals surface area (Å²) in [5.74, 6) is -1.19. The maximum absolute atomic E-state index is 12.2. The van der Waals surface area contributed by atoms with Crippen molar-refractivity contribution in [2.75, 3.05) is 11.9 Å². The first kappa shape index (κ1) is 22.2. The van der Waals surface area contributed by atoms with Crippen LogP contribution in [0.5, 0.6) is 11.5 Å². The van der Waals surface area contributed by atoms with Crippen LogP contribution >= 0.6 is 0 Å². The number of nitrogens with zero attached hydrogens (tertiary/aromatic N) is 1. The van der Waals surface area contributed by atoms with Gasteiger partial charge in [0.25, 0.3) is 0 Å². The topological polar surface area (TPSA) is 106 Å². The predicted octanol–water partition coefficient (Wildman–Crippen LogP) is 3.39. The summed E-state index contributed by atoms with van der Waals surface area (Å²) >= 11 is 0. The summed E-state index contributed by atoms with van der Waals surface area (Å²) in [5, 5.41) is 6.22. The van der Waals surface area contributed by atoms with Gasteiger partial charge in [0.1, 0.15) is 11.5 Å². The van der Waals surface area contributed by atoms with Gasteiger partial charge in [-0.1, -0.05) is 18.2 Å². The van der Waals surface area contributed by atoms with Gasteiger partial charge in [0.05, 0.1) is 18.4 Å². The normalized spacial score (nSPS) is 10.4. The van der Waals surface area contributed by atoms with E-state index in [1.165, 1.54) is 6.21 Å². The third-order valence-electron chi connectivity index (χ3n) is 4.11. The van der Waals surface area contributed by atoms with Gasteiger partial charge in [-0.2, -0.15) is 5.10 Å². The van der Waals surface area contributed by atoms with Crippen LogP contribution in [0.4, 0.5) is 5.69 Å². The summed E-state index contributed by atoms with van der Waals surface area (Å²) in [6, 6.07) is 21.8. The molecule has 8 nitrogen and oxygen atoms in total. The third kappa shape index (κ3) is 6.53. The summed E-state index contributed by atoms with van der Waals surface area (Å²) in [4.78, 5) is 35.9. The van der Waals surface area contributed by atoms with Crippen LogP contribution in [0, 0.1) is 0 Å². The Hall–Kier alpha value is -4.46. The Morgan fingerprint density at radius 2 is 1.50 bits per heavy atom. The third-order valence-corrected chi connectivity index (χ3v) is 4.11. The molecule has 0 aromatic heterocycles. The molecular weight excluding hydrogens is 410 g/mol. The molecule has 0 aliphatic rings. The van der Waals surface area contributed by atoms with Crippen molar-refractivity contribution < 1.29 is 23.9 Å². The van der Waals surface area contributed by atoms with Crippen LogP contribution in [0.3, 0.4) is 0 Å². The molecule has 0 aliphatic heterocycles. The molecule has 2 N–H and O–H groups in total. The Balaban J connectivity index is 1.49. The van der Waals surface area contributed by atoms with Gasteiger partial charge >= 0.3 is 17.8 Å². The molecule has 0 aliphatic carbocycles. The average Bonchev–Trinajstić information content (AvgIpc) is 2.81. The van der Waals surface area contributed by atoms with Crippen LogP contribution in [0.2, 0.25) is 0 Å². The number of carbonyl (C=O) groups is 3. The first-order valence-electron chi connectivity index (χ1n) is 9.79. The lowest BCUT2D eigenvalue weighted by Crippen LogP contribution is -2.32. The second-order valence-electron chi connectivity index (χ2n) is 6.44. The van der Waals surface area contributed by atoms with Gasteiger partial charge in [-0.05, 0) is 73.2 Å². The highest BCUT2D eigenvalue weighted by molar-refractivity contribution is 6.39. The summed E-state index contributed by atoms with van der Waals surface area (Å²) < 4.78 is 10.7. The number of benzene rings is 3. The van der Waals surface area contributed by atoms with Gasteiger partial charge < -0.3 is 14.8 Å². The molecule has 0 saturated heterocycles. The van der Waals surface area contributed by atoms with E-state index >= 15 is 0 Å². The second kappa shape index (κ2) is 11.1. The number of ether oxygens (including phenoxy) is 2. The molecule has 0 atom stereocenters. The quantitative estimate of drug-likeness (QED) is 0.196. The lowest BCUT2D eigenvalue weighted by atomic mass is 10.2. The molecule has 0 radical (unpaired) electrons. The molecule has 3 rings (SSSR count). The number of para-hydroxylation sites is 1. The molecule has 3 aromatic rings. The largest absolute Gasteiger partial charge is 0.494 e. The molecule has 8 heteroatoms. The average molecular weight is 431 g/mol. The van der Waals surface area contributed by atoms with Gasteiger partial charge in [0, 0.05) is 5.69 Å². The van der Waals surface area contributed by atoms with Crippen molar-refractivity contribution >= 4 is 29.7 Å². The van der Waals surface area contributed by atoms with Crippen LogP contribution in [-0.2, 0) is 9.59 Å². The number of hydrazone groups is 1. The number of rotatable bonds is 7. The van der Waals surface area contributed by atoms with Crippen LogP contribution in [0.1, 0.15) is 22.8 Å². The van der Waals surface area contributed by atoms with Gasteiger partial charge in [-0.15, -0.1) is 0 Å². The van der Waals surface area contributed by atoms with Gasteiger partial charge in [0.2, 0.25) is 0 Å². The van der Waals surface area contributed by atoms with E-state index in [0.29, 0.717) is 34.9 Å². The zero-order valence-electron chi connectivity index (χ0n) is 17.3. The predicted molar refractivity (Wildman–Crippen MR) is 120 cm³/mol. The van der Waals surface area contributed by atoms with Crippen molar-refractivity contribution in [3.8, 4) is 11.5 Å². The fourth-order valence-corrected chi connectivity index (χ4v) is 2.57. The smallest absolute Gasteiger partial charge is 0.343 e. The van der Waals surface area contributed by atoms with Crippen molar-refractivity contribution in [2.24, 2.45) is 5.10 Å². The summed E-state index contributed by atoms with van der Waals surface area (Å²) in [5.41, 5.74) is 3.69. The van der Waals surface area contributed by atoms with Crippen LogP contribution in [0.25, 0.3) is 0 Å². The number of hydrogen-bond donors (Lipinski definition) is 2. The monoisotopic (exact) mass is 431 g/mol. The second-order valence-corrected chi connectivity index (χ2v) is 6.44. The number of anilines is 1. The van der Waals surface area contributed by atoms with Crippen molar-refractivity contribution in [3.63, 3.8) is 0 Å². The van der Waals surface area contributed by atoms with E-state index in [9.17, 15) is 14.4 Å². The number of esters is 1.